The number of nitro groups is 1. The average Bonchev–Trinajstić information content (AvgIpc) is 2.74. The van der Waals surface area contributed by atoms with Crippen molar-refractivity contribution < 1.29 is 14.2 Å². The maximum atomic E-state index is 11.9. The lowest BCUT2D eigenvalue weighted by Crippen LogP contribution is -2.14. The van der Waals surface area contributed by atoms with Crippen molar-refractivity contribution in [2.75, 3.05) is 5.32 Å². The van der Waals surface area contributed by atoms with E-state index in [1.807, 2.05) is 19.1 Å². The maximum Gasteiger partial charge on any atom is 0.344 e. The molecule has 1 amide bonds. The van der Waals surface area contributed by atoms with E-state index in [4.69, 9.17) is 0 Å². The van der Waals surface area contributed by atoms with Gasteiger partial charge in [0.1, 0.15) is 0 Å². The van der Waals surface area contributed by atoms with Crippen LogP contribution in [0.3, 0.4) is 0 Å². The second kappa shape index (κ2) is 4.89. The first-order valence-electron chi connectivity index (χ1n) is 5.47. The highest BCUT2D eigenvalue weighted by Crippen LogP contribution is 2.23. The van der Waals surface area contributed by atoms with Gasteiger partial charge in [0.25, 0.3) is 5.91 Å². The second-order valence-corrected chi connectivity index (χ2v) is 4.01. The Morgan fingerprint density at radius 1 is 1.32 bits per heavy atom. The quantitative estimate of drug-likeness (QED) is 0.675. The summed E-state index contributed by atoms with van der Waals surface area (Å²) in [6.07, 6.45) is 0. The number of anilines is 1. The lowest BCUT2D eigenvalue weighted by Gasteiger charge is -2.02. The number of carbonyl (C=O) groups excluding carboxylic acids is 1. The molecule has 0 spiro atoms. The number of hydrogen-bond acceptors (Lipinski definition) is 5. The van der Waals surface area contributed by atoms with E-state index < -0.39 is 16.5 Å². The standard InChI is InChI=1S/C12H11N3O4/c1-7-3-5-9(6-4-7)13-12(16)10-11(15(17)18)8(2)19-14-10/h3-6H,1-2H3,(H,13,16). The Hall–Kier alpha value is -2.70. The minimum Gasteiger partial charge on any atom is -0.353 e. The molecule has 0 bridgehead atoms. The minimum absolute atomic E-state index is 0.000874. The van der Waals surface area contributed by atoms with Gasteiger partial charge >= 0.3 is 5.69 Å². The van der Waals surface area contributed by atoms with Crippen LogP contribution in [0.1, 0.15) is 21.8 Å². The van der Waals surface area contributed by atoms with Crippen molar-refractivity contribution in [2.24, 2.45) is 0 Å². The van der Waals surface area contributed by atoms with Crippen LogP contribution in [-0.4, -0.2) is 16.0 Å². The fraction of sp³-hybridized carbons (Fsp3) is 0.167. The Kier molecular flexibility index (Phi) is 3.28. The summed E-state index contributed by atoms with van der Waals surface area (Å²) in [6.45, 7) is 3.30. The third kappa shape index (κ3) is 2.59. The molecule has 0 atom stereocenters. The van der Waals surface area contributed by atoms with Crippen molar-refractivity contribution in [1.82, 2.24) is 5.16 Å². The van der Waals surface area contributed by atoms with Crippen LogP contribution in [-0.2, 0) is 0 Å². The molecule has 0 saturated carbocycles. The van der Waals surface area contributed by atoms with Gasteiger partial charge in [-0.05, 0) is 19.1 Å². The molecule has 0 radical (unpaired) electrons. The zero-order valence-corrected chi connectivity index (χ0v) is 10.3. The van der Waals surface area contributed by atoms with E-state index in [1.165, 1.54) is 6.92 Å². The van der Waals surface area contributed by atoms with E-state index in [0.717, 1.165) is 5.56 Å². The third-order valence-electron chi connectivity index (χ3n) is 2.54. The molecule has 0 unspecified atom stereocenters. The van der Waals surface area contributed by atoms with E-state index in [9.17, 15) is 14.9 Å². The molecular formula is C12H11N3O4. The molecule has 0 saturated heterocycles. The molecular weight excluding hydrogens is 250 g/mol. The van der Waals surface area contributed by atoms with Gasteiger partial charge in [0.15, 0.2) is 0 Å². The predicted molar refractivity (Wildman–Crippen MR) is 67.0 cm³/mol. The Labute approximate surface area is 108 Å². The van der Waals surface area contributed by atoms with E-state index in [-0.39, 0.29) is 11.5 Å². The van der Waals surface area contributed by atoms with Gasteiger partial charge < -0.3 is 9.84 Å². The van der Waals surface area contributed by atoms with Gasteiger partial charge in [-0.25, -0.2) is 0 Å². The van der Waals surface area contributed by atoms with Crippen LogP contribution in [0.4, 0.5) is 11.4 Å². The number of rotatable bonds is 3. The van der Waals surface area contributed by atoms with E-state index >= 15 is 0 Å². The molecule has 19 heavy (non-hydrogen) atoms. The summed E-state index contributed by atoms with van der Waals surface area (Å²) in [5.41, 5.74) is 0.833. The molecule has 0 aliphatic rings. The second-order valence-electron chi connectivity index (χ2n) is 4.01. The summed E-state index contributed by atoms with van der Waals surface area (Å²) >= 11 is 0. The van der Waals surface area contributed by atoms with Crippen molar-refractivity contribution in [3.8, 4) is 0 Å². The van der Waals surface area contributed by atoms with Gasteiger partial charge in [0, 0.05) is 12.6 Å². The number of carbonyl (C=O) groups is 1. The zero-order chi connectivity index (χ0) is 14.0. The average molecular weight is 261 g/mol. The highest BCUT2D eigenvalue weighted by atomic mass is 16.6. The van der Waals surface area contributed by atoms with Crippen LogP contribution in [0.15, 0.2) is 28.8 Å². The number of nitrogens with one attached hydrogen (secondary N) is 1. The summed E-state index contributed by atoms with van der Waals surface area (Å²) in [5.74, 6) is -0.675. The molecule has 1 heterocycles. The van der Waals surface area contributed by atoms with Crippen LogP contribution < -0.4 is 5.32 Å². The number of benzene rings is 1. The first kappa shape index (κ1) is 12.7. The van der Waals surface area contributed by atoms with Crippen LogP contribution in [0.2, 0.25) is 0 Å². The molecule has 7 nitrogen and oxygen atoms in total. The fourth-order valence-electron chi connectivity index (χ4n) is 1.56. The molecule has 0 fully saturated rings. The summed E-state index contributed by atoms with van der Waals surface area (Å²) < 4.78 is 4.68. The molecule has 1 aromatic heterocycles. The number of nitrogens with zero attached hydrogens (tertiary/aromatic N) is 2. The normalized spacial score (nSPS) is 10.2. The third-order valence-corrected chi connectivity index (χ3v) is 2.54. The molecule has 2 rings (SSSR count). The SMILES string of the molecule is Cc1ccc(NC(=O)c2noc(C)c2[N+](=O)[O-])cc1. The monoisotopic (exact) mass is 261 g/mol. The van der Waals surface area contributed by atoms with Crippen molar-refractivity contribution in [3.63, 3.8) is 0 Å². The predicted octanol–water partition coefficient (Wildman–Crippen LogP) is 2.45. The lowest BCUT2D eigenvalue weighted by molar-refractivity contribution is -0.386. The smallest absolute Gasteiger partial charge is 0.344 e. The van der Waals surface area contributed by atoms with Crippen LogP contribution in [0.5, 0.6) is 0 Å². The van der Waals surface area contributed by atoms with E-state index in [0.29, 0.717) is 5.69 Å². The van der Waals surface area contributed by atoms with Crippen LogP contribution in [0.25, 0.3) is 0 Å². The highest BCUT2D eigenvalue weighted by Gasteiger charge is 2.29. The lowest BCUT2D eigenvalue weighted by atomic mass is 10.2. The molecule has 2 aromatic rings. The zero-order valence-electron chi connectivity index (χ0n) is 10.3. The largest absolute Gasteiger partial charge is 0.353 e. The van der Waals surface area contributed by atoms with Gasteiger partial charge in [0.05, 0.1) is 4.92 Å². The number of hydrogen-bond donors (Lipinski definition) is 1. The van der Waals surface area contributed by atoms with Gasteiger partial charge in [-0.3, -0.25) is 14.9 Å². The first-order valence-corrected chi connectivity index (χ1v) is 5.47. The molecule has 0 aliphatic heterocycles. The summed E-state index contributed by atoms with van der Waals surface area (Å²) in [6, 6.07) is 7.04. The maximum absolute atomic E-state index is 11.9. The Morgan fingerprint density at radius 3 is 2.53 bits per heavy atom. The van der Waals surface area contributed by atoms with Gasteiger partial charge in [-0.2, -0.15) is 0 Å². The van der Waals surface area contributed by atoms with Gasteiger partial charge in [-0.1, -0.05) is 22.9 Å². The van der Waals surface area contributed by atoms with Crippen LogP contribution in [0, 0.1) is 24.0 Å². The Morgan fingerprint density at radius 2 is 1.95 bits per heavy atom. The van der Waals surface area contributed by atoms with E-state index in [2.05, 4.69) is 15.0 Å². The van der Waals surface area contributed by atoms with Gasteiger partial charge in [0.2, 0.25) is 11.5 Å². The van der Waals surface area contributed by atoms with E-state index in [1.54, 1.807) is 12.1 Å². The first-order chi connectivity index (χ1) is 8.99. The molecule has 1 aromatic carbocycles. The summed E-state index contributed by atoms with van der Waals surface area (Å²) in [4.78, 5) is 22.0. The van der Waals surface area contributed by atoms with Gasteiger partial charge in [-0.15, -0.1) is 0 Å². The molecule has 7 heteroatoms. The number of aryl methyl sites for hydroxylation is 2. The summed E-state index contributed by atoms with van der Waals surface area (Å²) in [5, 5.41) is 16.8. The minimum atomic E-state index is -0.685. The number of amides is 1. The topological polar surface area (TPSA) is 98.3 Å². The van der Waals surface area contributed by atoms with Crippen molar-refractivity contribution in [3.05, 3.63) is 51.4 Å². The van der Waals surface area contributed by atoms with Crippen molar-refractivity contribution >= 4 is 17.3 Å². The Balaban J connectivity index is 2.25. The fourth-order valence-corrected chi connectivity index (χ4v) is 1.56. The molecule has 0 aliphatic carbocycles. The van der Waals surface area contributed by atoms with Crippen molar-refractivity contribution in [1.29, 1.82) is 0 Å². The van der Waals surface area contributed by atoms with Crippen LogP contribution >= 0.6 is 0 Å². The molecule has 98 valence electrons. The van der Waals surface area contributed by atoms with Crippen molar-refractivity contribution in [2.45, 2.75) is 13.8 Å². The summed E-state index contributed by atoms with van der Waals surface area (Å²) in [7, 11) is 0. The molecule has 1 N–H and O–H groups in total. The highest BCUT2D eigenvalue weighted by molar-refractivity contribution is 6.05. The number of aromatic nitrogens is 1. The Bertz CT molecular complexity index is 631.